The SMILES string of the molecule is OCC1CN(CCBr)CC1O. The van der Waals surface area contributed by atoms with Crippen LogP contribution in [0.2, 0.25) is 0 Å². The Kier molecular flexibility index (Phi) is 3.78. The highest BCUT2D eigenvalue weighted by Crippen LogP contribution is 2.15. The summed E-state index contributed by atoms with van der Waals surface area (Å²) in [5, 5.41) is 19.1. The topological polar surface area (TPSA) is 43.7 Å². The molecule has 0 aromatic rings. The molecule has 4 heteroatoms. The second kappa shape index (κ2) is 4.40. The molecular weight excluding hydrogens is 210 g/mol. The molecule has 0 aromatic heterocycles. The molecule has 1 heterocycles. The van der Waals surface area contributed by atoms with E-state index >= 15 is 0 Å². The van der Waals surface area contributed by atoms with Gasteiger partial charge in [0.15, 0.2) is 0 Å². The molecule has 0 saturated carbocycles. The van der Waals surface area contributed by atoms with Crippen LogP contribution in [0.3, 0.4) is 0 Å². The maximum atomic E-state index is 9.37. The molecule has 11 heavy (non-hydrogen) atoms. The first-order valence-electron chi connectivity index (χ1n) is 3.85. The fraction of sp³-hybridized carbons (Fsp3) is 1.00. The predicted octanol–water partition coefficient (Wildman–Crippen LogP) is -0.334. The smallest absolute Gasteiger partial charge is 0.0729 e. The van der Waals surface area contributed by atoms with Crippen molar-refractivity contribution in [3.05, 3.63) is 0 Å². The van der Waals surface area contributed by atoms with Crippen molar-refractivity contribution < 1.29 is 10.2 Å². The number of β-amino-alcohol motifs (C(OH)–C–C–N with tert-alkyl or cyclic N) is 1. The van der Waals surface area contributed by atoms with Crippen LogP contribution in [0, 0.1) is 5.92 Å². The van der Waals surface area contributed by atoms with Gasteiger partial charge in [0.1, 0.15) is 0 Å². The number of rotatable bonds is 3. The third kappa shape index (κ3) is 2.40. The van der Waals surface area contributed by atoms with Gasteiger partial charge in [-0.15, -0.1) is 0 Å². The lowest BCUT2D eigenvalue weighted by molar-refractivity contribution is 0.103. The van der Waals surface area contributed by atoms with Crippen LogP contribution in [-0.2, 0) is 0 Å². The summed E-state index contributed by atoms with van der Waals surface area (Å²) in [7, 11) is 0. The third-order valence-corrected chi connectivity index (χ3v) is 2.47. The van der Waals surface area contributed by atoms with Crippen LogP contribution in [0.25, 0.3) is 0 Å². The molecule has 1 saturated heterocycles. The number of alkyl halides is 1. The zero-order valence-corrected chi connectivity index (χ0v) is 8.00. The van der Waals surface area contributed by atoms with Crippen LogP contribution in [0.15, 0.2) is 0 Å². The molecule has 2 unspecified atom stereocenters. The van der Waals surface area contributed by atoms with Gasteiger partial charge in [-0.2, -0.15) is 0 Å². The van der Waals surface area contributed by atoms with Crippen molar-refractivity contribution in [2.75, 3.05) is 31.6 Å². The van der Waals surface area contributed by atoms with Crippen molar-refractivity contribution >= 4 is 15.9 Å². The van der Waals surface area contributed by atoms with Crippen LogP contribution in [-0.4, -0.2) is 52.8 Å². The molecule has 1 rings (SSSR count). The Labute approximate surface area is 75.1 Å². The summed E-state index contributed by atoms with van der Waals surface area (Å²) in [5.74, 6) is 0.0639. The Bertz CT molecular complexity index is 123. The highest BCUT2D eigenvalue weighted by atomic mass is 79.9. The van der Waals surface area contributed by atoms with Crippen LogP contribution in [0.1, 0.15) is 0 Å². The summed E-state index contributed by atoms with van der Waals surface area (Å²) in [5.41, 5.74) is 0. The molecule has 1 fully saturated rings. The summed E-state index contributed by atoms with van der Waals surface area (Å²) in [6.07, 6.45) is -0.334. The van der Waals surface area contributed by atoms with Crippen LogP contribution in [0.5, 0.6) is 0 Å². The van der Waals surface area contributed by atoms with E-state index < -0.39 is 0 Å². The molecule has 0 aromatic carbocycles. The van der Waals surface area contributed by atoms with Gasteiger partial charge in [0.2, 0.25) is 0 Å². The van der Waals surface area contributed by atoms with Gasteiger partial charge in [0, 0.05) is 37.5 Å². The van der Waals surface area contributed by atoms with E-state index in [9.17, 15) is 5.11 Å². The summed E-state index contributed by atoms with van der Waals surface area (Å²) in [6.45, 7) is 2.58. The van der Waals surface area contributed by atoms with Gasteiger partial charge in [-0.05, 0) is 0 Å². The van der Waals surface area contributed by atoms with Crippen LogP contribution < -0.4 is 0 Å². The fourth-order valence-electron chi connectivity index (χ4n) is 1.42. The van der Waals surface area contributed by atoms with Gasteiger partial charge >= 0.3 is 0 Å². The van der Waals surface area contributed by atoms with Crippen molar-refractivity contribution in [3.63, 3.8) is 0 Å². The number of nitrogens with zero attached hydrogens (tertiary/aromatic N) is 1. The molecule has 3 nitrogen and oxygen atoms in total. The molecule has 1 aliphatic rings. The van der Waals surface area contributed by atoms with E-state index in [1.807, 2.05) is 0 Å². The monoisotopic (exact) mass is 223 g/mol. The first-order chi connectivity index (χ1) is 5.27. The zero-order chi connectivity index (χ0) is 8.27. The maximum absolute atomic E-state index is 9.37. The van der Waals surface area contributed by atoms with E-state index in [0.29, 0.717) is 6.54 Å². The molecule has 0 aliphatic carbocycles. The number of aliphatic hydroxyl groups is 2. The highest BCUT2D eigenvalue weighted by molar-refractivity contribution is 9.09. The summed E-state index contributed by atoms with van der Waals surface area (Å²) < 4.78 is 0. The second-order valence-corrected chi connectivity index (χ2v) is 3.75. The van der Waals surface area contributed by atoms with Crippen molar-refractivity contribution in [3.8, 4) is 0 Å². The molecule has 0 spiro atoms. The van der Waals surface area contributed by atoms with Gasteiger partial charge < -0.3 is 10.2 Å². The minimum atomic E-state index is -0.334. The molecule has 1 aliphatic heterocycles. The number of likely N-dealkylation sites (tertiary alicyclic amines) is 1. The second-order valence-electron chi connectivity index (χ2n) is 2.96. The number of halogens is 1. The molecule has 0 amide bonds. The van der Waals surface area contributed by atoms with Crippen molar-refractivity contribution in [1.82, 2.24) is 4.90 Å². The Hall–Kier alpha value is 0.360. The normalized spacial score (nSPS) is 33.0. The lowest BCUT2D eigenvalue weighted by Crippen LogP contribution is -2.23. The minimum absolute atomic E-state index is 0.0639. The molecule has 2 atom stereocenters. The Morgan fingerprint density at radius 1 is 1.45 bits per heavy atom. The standard InChI is InChI=1S/C7H14BrNO2/c8-1-2-9-3-6(5-10)7(11)4-9/h6-7,10-11H,1-5H2. The molecule has 0 bridgehead atoms. The van der Waals surface area contributed by atoms with Crippen molar-refractivity contribution in [2.45, 2.75) is 6.10 Å². The number of hydrogen-bond acceptors (Lipinski definition) is 3. The molecule has 0 radical (unpaired) electrons. The first-order valence-corrected chi connectivity index (χ1v) is 4.97. The molecular formula is C7H14BrNO2. The van der Waals surface area contributed by atoms with E-state index in [1.165, 1.54) is 0 Å². The maximum Gasteiger partial charge on any atom is 0.0729 e. The predicted molar refractivity (Wildman–Crippen MR) is 46.8 cm³/mol. The van der Waals surface area contributed by atoms with E-state index in [4.69, 9.17) is 5.11 Å². The summed E-state index contributed by atoms with van der Waals surface area (Å²) >= 11 is 3.34. The van der Waals surface area contributed by atoms with Gasteiger partial charge in [0.05, 0.1) is 6.10 Å². The molecule has 66 valence electrons. The van der Waals surface area contributed by atoms with E-state index in [0.717, 1.165) is 18.4 Å². The van der Waals surface area contributed by atoms with Crippen molar-refractivity contribution in [1.29, 1.82) is 0 Å². The summed E-state index contributed by atoms with van der Waals surface area (Å²) in [4.78, 5) is 2.15. The third-order valence-electron chi connectivity index (χ3n) is 2.12. The van der Waals surface area contributed by atoms with Crippen LogP contribution >= 0.6 is 15.9 Å². The lowest BCUT2D eigenvalue weighted by Gasteiger charge is -2.11. The number of hydrogen-bond donors (Lipinski definition) is 2. The number of aliphatic hydroxyl groups excluding tert-OH is 2. The fourth-order valence-corrected chi connectivity index (χ4v) is 1.92. The van der Waals surface area contributed by atoms with Gasteiger partial charge in [-0.1, -0.05) is 15.9 Å². The van der Waals surface area contributed by atoms with Gasteiger partial charge in [-0.25, -0.2) is 0 Å². The minimum Gasteiger partial charge on any atom is -0.396 e. The van der Waals surface area contributed by atoms with Crippen molar-refractivity contribution in [2.24, 2.45) is 5.92 Å². The Balaban J connectivity index is 2.30. The zero-order valence-electron chi connectivity index (χ0n) is 6.41. The Morgan fingerprint density at radius 2 is 2.18 bits per heavy atom. The van der Waals surface area contributed by atoms with E-state index in [1.54, 1.807) is 0 Å². The average Bonchev–Trinajstić information content (AvgIpc) is 2.32. The Morgan fingerprint density at radius 3 is 2.64 bits per heavy atom. The highest BCUT2D eigenvalue weighted by Gasteiger charge is 2.29. The molecule has 2 N–H and O–H groups in total. The quantitative estimate of drug-likeness (QED) is 0.645. The van der Waals surface area contributed by atoms with E-state index in [2.05, 4.69) is 20.8 Å². The first kappa shape index (κ1) is 9.45. The largest absolute Gasteiger partial charge is 0.396 e. The van der Waals surface area contributed by atoms with Crippen LogP contribution in [0.4, 0.5) is 0 Å². The van der Waals surface area contributed by atoms with Gasteiger partial charge in [-0.3, -0.25) is 4.90 Å². The lowest BCUT2D eigenvalue weighted by atomic mass is 10.1. The van der Waals surface area contributed by atoms with E-state index in [-0.39, 0.29) is 18.6 Å². The summed E-state index contributed by atoms with van der Waals surface area (Å²) in [6, 6.07) is 0. The van der Waals surface area contributed by atoms with Gasteiger partial charge in [0.25, 0.3) is 0 Å². The average molecular weight is 224 g/mol.